The van der Waals surface area contributed by atoms with Crippen LogP contribution in [0.2, 0.25) is 10.0 Å². The predicted molar refractivity (Wildman–Crippen MR) is 79.9 cm³/mol. The minimum atomic E-state index is -0.801. The van der Waals surface area contributed by atoms with E-state index in [4.69, 9.17) is 23.2 Å². The van der Waals surface area contributed by atoms with Crippen molar-refractivity contribution in [1.29, 1.82) is 0 Å². The highest BCUT2D eigenvalue weighted by Crippen LogP contribution is 2.42. The maximum atomic E-state index is 13.7. The largest absolute Gasteiger partial charge is 0.378 e. The molecule has 3 rings (SSSR count). The minimum absolute atomic E-state index is 0.142. The molecule has 1 saturated carbocycles. The molecule has 0 spiro atoms. The normalized spacial score (nSPS) is 14.3. The third-order valence-electron chi connectivity index (χ3n) is 3.41. The Morgan fingerprint density at radius 3 is 2.67 bits per heavy atom. The summed E-state index contributed by atoms with van der Waals surface area (Å²) in [5.41, 5.74) is 1.89. The molecule has 1 fully saturated rings. The SMILES string of the molecule is Fc1ccc(NCc2cnc(C3CC3)c(Cl)c2)c(F)c1Cl. The second-order valence-electron chi connectivity index (χ2n) is 5.06. The number of hydrogen-bond acceptors (Lipinski definition) is 2. The lowest BCUT2D eigenvalue weighted by atomic mass is 10.2. The van der Waals surface area contributed by atoms with Crippen molar-refractivity contribution in [1.82, 2.24) is 4.98 Å². The topological polar surface area (TPSA) is 24.9 Å². The van der Waals surface area contributed by atoms with E-state index >= 15 is 0 Å². The van der Waals surface area contributed by atoms with Crippen molar-refractivity contribution in [3.8, 4) is 0 Å². The van der Waals surface area contributed by atoms with Gasteiger partial charge in [-0.3, -0.25) is 4.98 Å². The molecule has 0 saturated heterocycles. The molecule has 1 aliphatic carbocycles. The number of hydrogen-bond donors (Lipinski definition) is 1. The van der Waals surface area contributed by atoms with Crippen LogP contribution in [0.1, 0.15) is 30.0 Å². The zero-order valence-electron chi connectivity index (χ0n) is 11.0. The molecule has 0 aliphatic heterocycles. The molecule has 6 heteroatoms. The molecule has 0 atom stereocenters. The van der Waals surface area contributed by atoms with Crippen LogP contribution in [0.25, 0.3) is 0 Å². The van der Waals surface area contributed by atoms with Gasteiger partial charge in [-0.25, -0.2) is 8.78 Å². The number of pyridine rings is 1. The van der Waals surface area contributed by atoms with E-state index in [1.165, 1.54) is 6.07 Å². The van der Waals surface area contributed by atoms with Gasteiger partial charge in [-0.2, -0.15) is 0 Å². The van der Waals surface area contributed by atoms with Crippen molar-refractivity contribution in [2.75, 3.05) is 5.32 Å². The second-order valence-corrected chi connectivity index (χ2v) is 5.85. The zero-order valence-corrected chi connectivity index (χ0v) is 12.5. The number of nitrogens with zero attached hydrogens (tertiary/aromatic N) is 1. The molecule has 110 valence electrons. The van der Waals surface area contributed by atoms with Crippen LogP contribution in [0, 0.1) is 11.6 Å². The lowest BCUT2D eigenvalue weighted by molar-refractivity contribution is 0.586. The van der Waals surface area contributed by atoms with E-state index in [9.17, 15) is 8.78 Å². The summed E-state index contributed by atoms with van der Waals surface area (Å²) in [7, 11) is 0. The van der Waals surface area contributed by atoms with Crippen LogP contribution < -0.4 is 5.32 Å². The van der Waals surface area contributed by atoms with Gasteiger partial charge in [-0.1, -0.05) is 23.2 Å². The third-order valence-corrected chi connectivity index (χ3v) is 4.06. The van der Waals surface area contributed by atoms with Gasteiger partial charge in [0.2, 0.25) is 0 Å². The van der Waals surface area contributed by atoms with Crippen molar-refractivity contribution in [2.45, 2.75) is 25.3 Å². The summed E-state index contributed by atoms with van der Waals surface area (Å²) in [5, 5.41) is 2.98. The van der Waals surface area contributed by atoms with Gasteiger partial charge in [0.25, 0.3) is 0 Å². The van der Waals surface area contributed by atoms with E-state index in [-0.39, 0.29) is 5.69 Å². The Balaban J connectivity index is 1.73. The van der Waals surface area contributed by atoms with Gasteiger partial charge in [0.1, 0.15) is 10.8 Å². The molecule has 0 unspecified atom stereocenters. The Morgan fingerprint density at radius 2 is 2.00 bits per heavy atom. The molecule has 21 heavy (non-hydrogen) atoms. The monoisotopic (exact) mass is 328 g/mol. The lowest BCUT2D eigenvalue weighted by Gasteiger charge is -2.10. The van der Waals surface area contributed by atoms with Crippen molar-refractivity contribution in [2.24, 2.45) is 0 Å². The molecule has 2 aromatic rings. The third kappa shape index (κ3) is 3.11. The molecular weight excluding hydrogens is 317 g/mol. The van der Waals surface area contributed by atoms with Gasteiger partial charge in [-0.05, 0) is 36.6 Å². The first-order chi connectivity index (χ1) is 10.1. The minimum Gasteiger partial charge on any atom is -0.378 e. The molecule has 1 heterocycles. The highest BCUT2D eigenvalue weighted by atomic mass is 35.5. The maximum Gasteiger partial charge on any atom is 0.167 e. The maximum absolute atomic E-state index is 13.7. The first-order valence-corrected chi connectivity index (χ1v) is 7.33. The molecule has 0 bridgehead atoms. The fourth-order valence-corrected chi connectivity index (χ4v) is 2.61. The van der Waals surface area contributed by atoms with Gasteiger partial charge in [0.15, 0.2) is 5.82 Å². The van der Waals surface area contributed by atoms with Gasteiger partial charge in [0, 0.05) is 18.7 Å². The van der Waals surface area contributed by atoms with E-state index in [0.29, 0.717) is 17.5 Å². The first-order valence-electron chi connectivity index (χ1n) is 6.58. The number of benzene rings is 1. The van der Waals surface area contributed by atoms with E-state index in [0.717, 1.165) is 30.2 Å². The number of nitrogens with one attached hydrogen (secondary N) is 1. The average Bonchev–Trinajstić information content (AvgIpc) is 3.29. The second kappa shape index (κ2) is 5.78. The number of anilines is 1. The molecule has 2 nitrogen and oxygen atoms in total. The van der Waals surface area contributed by atoms with Crippen molar-refractivity contribution < 1.29 is 8.78 Å². The molecule has 0 amide bonds. The molecular formula is C15H12Cl2F2N2. The zero-order chi connectivity index (χ0) is 15.0. The van der Waals surface area contributed by atoms with Crippen molar-refractivity contribution >= 4 is 28.9 Å². The summed E-state index contributed by atoms with van der Waals surface area (Å²) in [5.74, 6) is -1.10. The van der Waals surface area contributed by atoms with Crippen LogP contribution in [0.3, 0.4) is 0 Å². The van der Waals surface area contributed by atoms with E-state index in [1.807, 2.05) is 6.07 Å². The highest BCUT2D eigenvalue weighted by molar-refractivity contribution is 6.31. The Hall–Kier alpha value is -1.39. The van der Waals surface area contributed by atoms with Gasteiger partial charge >= 0.3 is 0 Å². The summed E-state index contributed by atoms with van der Waals surface area (Å²) in [6.07, 6.45) is 3.97. The average molecular weight is 329 g/mol. The summed E-state index contributed by atoms with van der Waals surface area (Å²) in [6.45, 7) is 0.330. The van der Waals surface area contributed by atoms with E-state index in [1.54, 1.807) is 6.20 Å². The van der Waals surface area contributed by atoms with E-state index in [2.05, 4.69) is 10.3 Å². The van der Waals surface area contributed by atoms with Gasteiger partial charge in [-0.15, -0.1) is 0 Å². The summed E-state index contributed by atoms with van der Waals surface area (Å²) in [4.78, 5) is 4.35. The molecule has 1 aliphatic rings. The molecule has 0 radical (unpaired) electrons. The Labute approximate surface area is 131 Å². The Morgan fingerprint density at radius 1 is 1.24 bits per heavy atom. The van der Waals surface area contributed by atoms with Crippen molar-refractivity contribution in [3.05, 3.63) is 57.3 Å². The van der Waals surface area contributed by atoms with Crippen LogP contribution in [-0.4, -0.2) is 4.98 Å². The van der Waals surface area contributed by atoms with Crippen LogP contribution >= 0.6 is 23.2 Å². The van der Waals surface area contributed by atoms with Crippen LogP contribution in [0.5, 0.6) is 0 Å². The summed E-state index contributed by atoms with van der Waals surface area (Å²) < 4.78 is 26.8. The molecule has 1 N–H and O–H groups in total. The fourth-order valence-electron chi connectivity index (χ4n) is 2.10. The summed E-state index contributed by atoms with van der Waals surface area (Å²) >= 11 is 11.7. The van der Waals surface area contributed by atoms with Crippen LogP contribution in [-0.2, 0) is 6.54 Å². The molecule has 1 aromatic carbocycles. The first kappa shape index (κ1) is 14.5. The number of aromatic nitrogens is 1. The fraction of sp³-hybridized carbons (Fsp3) is 0.267. The lowest BCUT2D eigenvalue weighted by Crippen LogP contribution is -2.03. The summed E-state index contributed by atoms with van der Waals surface area (Å²) in [6, 6.07) is 4.25. The number of halogens is 4. The number of rotatable bonds is 4. The standard InChI is InChI=1S/C15H12Cl2F2N2/c16-10-5-8(7-21-15(10)9-1-2-9)6-20-12-4-3-11(18)13(17)14(12)19/h3-5,7,9,20H,1-2,6H2. The van der Waals surface area contributed by atoms with Crippen LogP contribution in [0.15, 0.2) is 24.4 Å². The smallest absolute Gasteiger partial charge is 0.167 e. The predicted octanol–water partition coefficient (Wildman–Crippen LogP) is 5.16. The van der Waals surface area contributed by atoms with E-state index < -0.39 is 16.7 Å². The van der Waals surface area contributed by atoms with Gasteiger partial charge < -0.3 is 5.32 Å². The Bertz CT molecular complexity index is 688. The van der Waals surface area contributed by atoms with Crippen molar-refractivity contribution in [3.63, 3.8) is 0 Å². The quantitative estimate of drug-likeness (QED) is 0.784. The Kier molecular flexibility index (Phi) is 4.00. The van der Waals surface area contributed by atoms with Crippen LogP contribution in [0.4, 0.5) is 14.5 Å². The van der Waals surface area contributed by atoms with Gasteiger partial charge in [0.05, 0.1) is 16.4 Å². The highest BCUT2D eigenvalue weighted by Gasteiger charge is 2.27. The molecule has 1 aromatic heterocycles.